The third-order valence-corrected chi connectivity index (χ3v) is 5.77. The number of imide groups is 1. The van der Waals surface area contributed by atoms with Crippen molar-refractivity contribution in [3.05, 3.63) is 70.9 Å². The molecule has 32 heavy (non-hydrogen) atoms. The van der Waals surface area contributed by atoms with Crippen LogP contribution in [0.5, 0.6) is 0 Å². The fourth-order valence-electron chi connectivity index (χ4n) is 3.86. The van der Waals surface area contributed by atoms with Gasteiger partial charge >= 0.3 is 5.97 Å². The highest BCUT2D eigenvalue weighted by atomic mass is 35.5. The van der Waals surface area contributed by atoms with E-state index in [1.807, 2.05) is 23.1 Å². The first-order valence-electron chi connectivity index (χ1n) is 10.5. The van der Waals surface area contributed by atoms with Gasteiger partial charge in [0.05, 0.1) is 17.4 Å². The largest absolute Gasteiger partial charge is 0.459 e. The highest BCUT2D eigenvalue weighted by molar-refractivity contribution is 6.52. The van der Waals surface area contributed by atoms with Crippen LogP contribution in [-0.2, 0) is 14.3 Å². The molecule has 1 fully saturated rings. The minimum Gasteiger partial charge on any atom is -0.459 e. The predicted octanol–water partition coefficient (Wildman–Crippen LogP) is 3.40. The summed E-state index contributed by atoms with van der Waals surface area (Å²) in [5.41, 5.74) is 2.06. The number of piperazine rings is 1. The number of esters is 1. The number of para-hydroxylation sites is 1. The molecule has 8 heteroatoms. The van der Waals surface area contributed by atoms with Crippen LogP contribution in [0.25, 0.3) is 0 Å². The fourth-order valence-corrected chi connectivity index (χ4v) is 4.14. The molecule has 2 heterocycles. The molecule has 2 amide bonds. The number of nitrogens with zero attached hydrogens (tertiary/aromatic N) is 3. The lowest BCUT2D eigenvalue weighted by molar-refractivity contribution is -0.121. The Bertz CT molecular complexity index is 1060. The van der Waals surface area contributed by atoms with Crippen LogP contribution in [0.4, 0.5) is 11.4 Å². The molecule has 2 aromatic carbocycles. The van der Waals surface area contributed by atoms with Gasteiger partial charge < -0.3 is 14.5 Å². The Labute approximate surface area is 191 Å². The van der Waals surface area contributed by atoms with Crippen LogP contribution in [0.2, 0.25) is 0 Å². The highest BCUT2D eigenvalue weighted by Gasteiger charge is 2.42. The summed E-state index contributed by atoms with van der Waals surface area (Å²) in [5.74, 6) is -1.47. The minimum absolute atomic E-state index is 0.0774. The zero-order chi connectivity index (χ0) is 22.8. The molecule has 0 atom stereocenters. The highest BCUT2D eigenvalue weighted by Crippen LogP contribution is 2.32. The molecule has 0 saturated carbocycles. The summed E-state index contributed by atoms with van der Waals surface area (Å²) in [6, 6.07) is 16.2. The summed E-state index contributed by atoms with van der Waals surface area (Å²) in [7, 11) is 0. The zero-order valence-electron chi connectivity index (χ0n) is 18.0. The summed E-state index contributed by atoms with van der Waals surface area (Å²) in [6.45, 7) is 6.11. The van der Waals surface area contributed by atoms with Crippen LogP contribution in [0.15, 0.2) is 65.3 Å². The van der Waals surface area contributed by atoms with Gasteiger partial charge in [0.1, 0.15) is 10.7 Å². The average molecular weight is 454 g/mol. The molecule has 7 nitrogen and oxygen atoms in total. The summed E-state index contributed by atoms with van der Waals surface area (Å²) < 4.78 is 5.17. The second-order valence-electron chi connectivity index (χ2n) is 7.92. The molecule has 0 aromatic heterocycles. The molecule has 2 aliphatic rings. The lowest BCUT2D eigenvalue weighted by atomic mass is 10.2. The van der Waals surface area contributed by atoms with E-state index in [9.17, 15) is 14.4 Å². The molecule has 1 saturated heterocycles. The third-order valence-electron chi connectivity index (χ3n) is 5.43. The number of anilines is 2. The molecule has 0 radical (unpaired) electrons. The van der Waals surface area contributed by atoms with Gasteiger partial charge in [0.2, 0.25) is 0 Å². The van der Waals surface area contributed by atoms with Crippen LogP contribution in [0.1, 0.15) is 24.2 Å². The molecule has 0 unspecified atom stereocenters. The maximum absolute atomic E-state index is 13.2. The standard InChI is InChI=1S/C24H24ClN3O4/c1-16(2)32-24(31)17-8-10-19(11-9-17)28-22(29)20(25)21(23(28)30)27-14-12-26(13-15-27)18-6-4-3-5-7-18/h3-11,16H,12-15H2,1-2H3. The number of benzene rings is 2. The Morgan fingerprint density at radius 2 is 1.44 bits per heavy atom. The summed E-state index contributed by atoms with van der Waals surface area (Å²) in [6.07, 6.45) is -0.239. The van der Waals surface area contributed by atoms with Crippen molar-refractivity contribution in [1.82, 2.24) is 4.90 Å². The number of hydrogen-bond acceptors (Lipinski definition) is 6. The molecule has 2 aliphatic heterocycles. The Hall–Kier alpha value is -3.32. The van der Waals surface area contributed by atoms with Gasteiger partial charge in [-0.15, -0.1) is 0 Å². The number of ether oxygens (including phenoxy) is 1. The van der Waals surface area contributed by atoms with Crippen molar-refractivity contribution in [3.63, 3.8) is 0 Å². The van der Waals surface area contributed by atoms with E-state index in [1.54, 1.807) is 26.0 Å². The molecule has 0 aliphatic carbocycles. The lowest BCUT2D eigenvalue weighted by Crippen LogP contribution is -2.47. The number of carbonyl (C=O) groups is 3. The van der Waals surface area contributed by atoms with E-state index in [4.69, 9.17) is 16.3 Å². The van der Waals surface area contributed by atoms with Gasteiger partial charge in [0.15, 0.2) is 0 Å². The molecule has 4 rings (SSSR count). The Morgan fingerprint density at radius 3 is 2.03 bits per heavy atom. The monoisotopic (exact) mass is 453 g/mol. The van der Waals surface area contributed by atoms with E-state index >= 15 is 0 Å². The molecular weight excluding hydrogens is 430 g/mol. The van der Waals surface area contributed by atoms with Crippen molar-refractivity contribution >= 4 is 40.8 Å². The minimum atomic E-state index is -0.560. The zero-order valence-corrected chi connectivity index (χ0v) is 18.7. The summed E-state index contributed by atoms with van der Waals surface area (Å²) >= 11 is 6.33. The van der Waals surface area contributed by atoms with Crippen molar-refractivity contribution in [1.29, 1.82) is 0 Å². The molecule has 0 N–H and O–H groups in total. The quantitative estimate of drug-likeness (QED) is 0.510. The van der Waals surface area contributed by atoms with Crippen molar-refractivity contribution in [2.24, 2.45) is 0 Å². The van der Waals surface area contributed by atoms with Crippen LogP contribution in [-0.4, -0.2) is 55.0 Å². The van der Waals surface area contributed by atoms with Crippen LogP contribution in [0.3, 0.4) is 0 Å². The van der Waals surface area contributed by atoms with E-state index in [0.717, 1.165) is 10.6 Å². The third kappa shape index (κ3) is 4.21. The number of hydrogen-bond donors (Lipinski definition) is 0. The van der Waals surface area contributed by atoms with Crippen molar-refractivity contribution in [2.75, 3.05) is 36.0 Å². The topological polar surface area (TPSA) is 70.2 Å². The maximum atomic E-state index is 13.2. The van der Waals surface area contributed by atoms with Crippen LogP contribution < -0.4 is 9.80 Å². The van der Waals surface area contributed by atoms with Gasteiger partial charge in [-0.25, -0.2) is 9.69 Å². The lowest BCUT2D eigenvalue weighted by Gasteiger charge is -2.37. The van der Waals surface area contributed by atoms with Gasteiger partial charge in [0, 0.05) is 31.9 Å². The summed E-state index contributed by atoms with van der Waals surface area (Å²) in [4.78, 5) is 43.2. The van der Waals surface area contributed by atoms with Gasteiger partial charge in [-0.05, 0) is 50.2 Å². The summed E-state index contributed by atoms with van der Waals surface area (Å²) in [5, 5.41) is -0.0774. The van der Waals surface area contributed by atoms with Gasteiger partial charge in [-0.2, -0.15) is 0 Å². The smallest absolute Gasteiger partial charge is 0.338 e. The van der Waals surface area contributed by atoms with E-state index in [1.165, 1.54) is 12.1 Å². The van der Waals surface area contributed by atoms with Gasteiger partial charge in [-0.3, -0.25) is 9.59 Å². The normalized spacial score (nSPS) is 16.9. The number of amides is 2. The Morgan fingerprint density at radius 1 is 0.844 bits per heavy atom. The number of halogens is 1. The molecular formula is C24H24ClN3O4. The van der Waals surface area contributed by atoms with Crippen LogP contribution >= 0.6 is 11.6 Å². The van der Waals surface area contributed by atoms with E-state index in [0.29, 0.717) is 37.4 Å². The van der Waals surface area contributed by atoms with E-state index in [2.05, 4.69) is 17.0 Å². The number of carbonyl (C=O) groups excluding carboxylic acids is 3. The van der Waals surface area contributed by atoms with Gasteiger partial charge in [0.25, 0.3) is 11.8 Å². The van der Waals surface area contributed by atoms with Gasteiger partial charge in [-0.1, -0.05) is 29.8 Å². The van der Waals surface area contributed by atoms with Crippen molar-refractivity contribution in [3.8, 4) is 0 Å². The molecule has 166 valence electrons. The van der Waals surface area contributed by atoms with E-state index in [-0.39, 0.29) is 16.8 Å². The van der Waals surface area contributed by atoms with Crippen molar-refractivity contribution < 1.29 is 19.1 Å². The Balaban J connectivity index is 1.47. The first-order valence-corrected chi connectivity index (χ1v) is 10.9. The maximum Gasteiger partial charge on any atom is 0.338 e. The van der Waals surface area contributed by atoms with Crippen LogP contribution in [0, 0.1) is 0 Å². The first kappa shape index (κ1) is 21.9. The molecule has 0 spiro atoms. The van der Waals surface area contributed by atoms with Crippen molar-refractivity contribution in [2.45, 2.75) is 20.0 Å². The Kier molecular flexibility index (Phi) is 6.19. The molecule has 0 bridgehead atoms. The molecule has 2 aromatic rings. The van der Waals surface area contributed by atoms with E-state index < -0.39 is 17.8 Å². The predicted molar refractivity (Wildman–Crippen MR) is 123 cm³/mol. The second kappa shape index (κ2) is 9.04. The fraction of sp³-hybridized carbons (Fsp3) is 0.292. The first-order chi connectivity index (χ1) is 15.4. The second-order valence-corrected chi connectivity index (χ2v) is 8.30. The average Bonchev–Trinajstić information content (AvgIpc) is 3.02. The SMILES string of the molecule is CC(C)OC(=O)c1ccc(N2C(=O)C(Cl)=C(N3CCN(c4ccccc4)CC3)C2=O)cc1. The number of rotatable bonds is 5.